The van der Waals surface area contributed by atoms with Gasteiger partial charge >= 0.3 is 0 Å². The van der Waals surface area contributed by atoms with Crippen molar-refractivity contribution in [2.45, 2.75) is 38.1 Å². The zero-order valence-electron chi connectivity index (χ0n) is 12.7. The summed E-state index contributed by atoms with van der Waals surface area (Å²) in [6.45, 7) is 1.81. The summed E-state index contributed by atoms with van der Waals surface area (Å²) >= 11 is 0. The highest BCUT2D eigenvalue weighted by atomic mass is 16.2. The number of aromatic nitrogens is 2. The van der Waals surface area contributed by atoms with Crippen LogP contribution in [0.15, 0.2) is 6.20 Å². The normalized spacial score (nSPS) is 23.0. The van der Waals surface area contributed by atoms with Crippen LogP contribution in [0.5, 0.6) is 0 Å². The fraction of sp³-hybridized carbons (Fsp3) is 0.667. The molecule has 0 spiro atoms. The molecule has 1 aliphatic carbocycles. The number of hydrogen-bond acceptors (Lipinski definition) is 4. The number of likely N-dealkylation sites (tertiary alicyclic amines) is 1. The lowest BCUT2D eigenvalue weighted by molar-refractivity contribution is -0.127. The third-order valence-electron chi connectivity index (χ3n) is 4.70. The van der Waals surface area contributed by atoms with E-state index in [0.29, 0.717) is 6.54 Å². The van der Waals surface area contributed by atoms with E-state index in [1.54, 1.807) is 0 Å². The lowest BCUT2D eigenvalue weighted by atomic mass is 9.91. The van der Waals surface area contributed by atoms with Crippen molar-refractivity contribution in [2.24, 2.45) is 11.7 Å². The van der Waals surface area contributed by atoms with E-state index >= 15 is 0 Å². The van der Waals surface area contributed by atoms with Crippen molar-refractivity contribution in [3.05, 3.63) is 17.5 Å². The zero-order valence-corrected chi connectivity index (χ0v) is 12.7. The molecule has 7 heteroatoms. The predicted molar refractivity (Wildman–Crippen MR) is 80.9 cm³/mol. The molecule has 0 unspecified atom stereocenters. The summed E-state index contributed by atoms with van der Waals surface area (Å²) in [6, 6.07) is 0.209. The molecule has 0 bridgehead atoms. The second-order valence-electron chi connectivity index (χ2n) is 6.34. The number of piperidine rings is 1. The van der Waals surface area contributed by atoms with Crippen molar-refractivity contribution in [1.29, 1.82) is 0 Å². The number of fused-ring (bicyclic) bond motifs is 1. The second kappa shape index (κ2) is 6.48. The number of carbonyl (C=O) groups excluding carboxylic acids is 2. The average molecular weight is 305 g/mol. The smallest absolute Gasteiger partial charge is 0.231 e. The Kier molecular flexibility index (Phi) is 4.42. The minimum absolute atomic E-state index is 0.0508. The van der Waals surface area contributed by atoms with Crippen LogP contribution >= 0.6 is 0 Å². The van der Waals surface area contributed by atoms with E-state index in [4.69, 9.17) is 5.73 Å². The minimum Gasteiger partial charge on any atom is -0.369 e. The van der Waals surface area contributed by atoms with E-state index in [9.17, 15) is 9.59 Å². The summed E-state index contributed by atoms with van der Waals surface area (Å²) in [6.07, 6.45) is 6.21. The molecule has 2 amide bonds. The van der Waals surface area contributed by atoms with Gasteiger partial charge in [0.25, 0.3) is 0 Å². The van der Waals surface area contributed by atoms with Crippen LogP contribution in [0.2, 0.25) is 0 Å². The van der Waals surface area contributed by atoms with Gasteiger partial charge in [-0.15, -0.1) is 0 Å². The number of hydrogen-bond donors (Lipinski definition) is 3. The molecule has 2 heterocycles. The summed E-state index contributed by atoms with van der Waals surface area (Å²) < 4.78 is 0. The molecule has 4 N–H and O–H groups in total. The van der Waals surface area contributed by atoms with E-state index < -0.39 is 0 Å². The summed E-state index contributed by atoms with van der Waals surface area (Å²) in [5, 5.41) is 10.3. The van der Waals surface area contributed by atoms with Crippen LogP contribution in [-0.4, -0.2) is 52.6 Å². The lowest BCUT2D eigenvalue weighted by Gasteiger charge is -2.32. The third kappa shape index (κ3) is 3.47. The molecule has 0 saturated carbocycles. The lowest BCUT2D eigenvalue weighted by Crippen LogP contribution is -2.46. The topological polar surface area (TPSA) is 104 Å². The molecule has 3 rings (SSSR count). The number of rotatable bonds is 4. The Hall–Kier alpha value is -1.89. The molecule has 1 saturated heterocycles. The molecule has 1 aromatic heterocycles. The quantitative estimate of drug-likeness (QED) is 0.703. The van der Waals surface area contributed by atoms with Crippen LogP contribution in [0.3, 0.4) is 0 Å². The molecular weight excluding hydrogens is 282 g/mol. The Bertz CT molecular complexity index is 548. The molecule has 1 aliphatic heterocycles. The minimum atomic E-state index is -0.305. The van der Waals surface area contributed by atoms with E-state index in [1.807, 2.05) is 11.1 Å². The maximum absolute atomic E-state index is 12.4. The highest BCUT2D eigenvalue weighted by Gasteiger charge is 2.28. The van der Waals surface area contributed by atoms with Crippen molar-refractivity contribution in [3.8, 4) is 0 Å². The van der Waals surface area contributed by atoms with Gasteiger partial charge < -0.3 is 11.1 Å². The maximum atomic E-state index is 12.4. The number of nitrogens with one attached hydrogen (secondary N) is 2. The molecule has 22 heavy (non-hydrogen) atoms. The van der Waals surface area contributed by atoms with Gasteiger partial charge in [-0.05, 0) is 50.8 Å². The van der Waals surface area contributed by atoms with Crippen LogP contribution in [0.25, 0.3) is 0 Å². The van der Waals surface area contributed by atoms with Gasteiger partial charge in [-0.2, -0.15) is 5.10 Å². The number of aryl methyl sites for hydroxylation is 1. The molecule has 1 aromatic rings. The molecule has 1 atom stereocenters. The molecule has 120 valence electrons. The van der Waals surface area contributed by atoms with E-state index in [2.05, 4.69) is 15.5 Å². The van der Waals surface area contributed by atoms with Gasteiger partial charge in [-0.3, -0.25) is 19.6 Å². The average Bonchev–Trinajstić information content (AvgIpc) is 2.95. The first-order valence-corrected chi connectivity index (χ1v) is 7.94. The number of H-pyrrole nitrogens is 1. The summed E-state index contributed by atoms with van der Waals surface area (Å²) in [4.78, 5) is 25.3. The summed E-state index contributed by atoms with van der Waals surface area (Å²) in [5.74, 6) is -0.105. The van der Waals surface area contributed by atoms with Crippen LogP contribution in [0.4, 0.5) is 0 Å². The molecule has 7 nitrogen and oxygen atoms in total. The standard InChI is InChI=1S/C15H23N5O2/c16-14(21)9-20-5-3-10(4-6-20)15(22)18-12-1-2-13-11(7-12)8-17-19-13/h8,10,12H,1-7,9H2,(H2,16,21)(H,17,19)(H,18,22)/t12-/m0/s1. The van der Waals surface area contributed by atoms with E-state index in [1.165, 1.54) is 11.3 Å². The molecular formula is C15H23N5O2. The van der Waals surface area contributed by atoms with Gasteiger partial charge in [0, 0.05) is 17.7 Å². The summed E-state index contributed by atoms with van der Waals surface area (Å²) in [7, 11) is 0. The molecule has 1 fully saturated rings. The van der Waals surface area contributed by atoms with Gasteiger partial charge in [-0.1, -0.05) is 0 Å². The number of nitrogens with two attached hydrogens (primary N) is 1. The molecule has 2 aliphatic rings. The number of carbonyl (C=O) groups is 2. The first-order chi connectivity index (χ1) is 10.6. The van der Waals surface area contributed by atoms with Crippen molar-refractivity contribution in [1.82, 2.24) is 20.4 Å². The monoisotopic (exact) mass is 305 g/mol. The van der Waals surface area contributed by atoms with Gasteiger partial charge in [0.15, 0.2) is 0 Å². The molecule has 0 radical (unpaired) electrons. The largest absolute Gasteiger partial charge is 0.369 e. The van der Waals surface area contributed by atoms with Gasteiger partial charge in [0.2, 0.25) is 11.8 Å². The van der Waals surface area contributed by atoms with Crippen molar-refractivity contribution in [2.75, 3.05) is 19.6 Å². The van der Waals surface area contributed by atoms with E-state index in [-0.39, 0.29) is 23.8 Å². The summed E-state index contributed by atoms with van der Waals surface area (Å²) in [5.41, 5.74) is 7.62. The number of aromatic amines is 1. The Morgan fingerprint density at radius 2 is 2.14 bits per heavy atom. The second-order valence-corrected chi connectivity index (χ2v) is 6.34. The third-order valence-corrected chi connectivity index (χ3v) is 4.70. The number of nitrogens with zero attached hydrogens (tertiary/aromatic N) is 2. The van der Waals surface area contributed by atoms with E-state index in [0.717, 1.165) is 45.2 Å². The number of primary amides is 1. The van der Waals surface area contributed by atoms with Crippen LogP contribution in [0, 0.1) is 5.92 Å². The Morgan fingerprint density at radius 3 is 2.86 bits per heavy atom. The highest BCUT2D eigenvalue weighted by molar-refractivity contribution is 5.79. The Labute approximate surface area is 129 Å². The Morgan fingerprint density at radius 1 is 1.36 bits per heavy atom. The Balaban J connectivity index is 1.46. The fourth-order valence-corrected chi connectivity index (χ4v) is 3.43. The van der Waals surface area contributed by atoms with Crippen molar-refractivity contribution < 1.29 is 9.59 Å². The van der Waals surface area contributed by atoms with Crippen LogP contribution < -0.4 is 11.1 Å². The van der Waals surface area contributed by atoms with Gasteiger partial charge in [-0.25, -0.2) is 0 Å². The maximum Gasteiger partial charge on any atom is 0.231 e. The molecule has 0 aromatic carbocycles. The fourth-order valence-electron chi connectivity index (χ4n) is 3.43. The SMILES string of the molecule is NC(=O)CN1CCC(C(=O)N[C@H]2CCc3[nH]ncc3C2)CC1. The van der Waals surface area contributed by atoms with Gasteiger partial charge in [0.05, 0.1) is 12.7 Å². The van der Waals surface area contributed by atoms with Crippen LogP contribution in [0.1, 0.15) is 30.5 Å². The van der Waals surface area contributed by atoms with Gasteiger partial charge in [0.1, 0.15) is 0 Å². The predicted octanol–water partition coefficient (Wildman–Crippen LogP) is -0.419. The first-order valence-electron chi connectivity index (χ1n) is 7.94. The first kappa shape index (κ1) is 15.0. The van der Waals surface area contributed by atoms with Crippen molar-refractivity contribution >= 4 is 11.8 Å². The van der Waals surface area contributed by atoms with Crippen LogP contribution in [-0.2, 0) is 22.4 Å². The van der Waals surface area contributed by atoms with Crippen molar-refractivity contribution in [3.63, 3.8) is 0 Å². The highest BCUT2D eigenvalue weighted by Crippen LogP contribution is 2.21. The number of amides is 2. The zero-order chi connectivity index (χ0) is 15.5.